The average molecular weight is 853 g/mol. The molecule has 0 spiro atoms. The smallest absolute Gasteiger partial charge is 0.410 e. The quantitative estimate of drug-likeness (QED) is 0.203. The largest absolute Gasteiger partial charge is 0.548 e. The zero-order valence-electron chi connectivity index (χ0n) is 38.1. The lowest BCUT2D eigenvalue weighted by Gasteiger charge is -2.31. The summed E-state index contributed by atoms with van der Waals surface area (Å²) in [5.41, 5.74) is 0.796. The van der Waals surface area contributed by atoms with Crippen LogP contribution in [0.3, 0.4) is 0 Å². The minimum atomic E-state index is -1.36. The molecule has 0 aromatic heterocycles. The number of ether oxygens (including phenoxy) is 1. The Morgan fingerprint density at radius 3 is 1.23 bits per heavy atom. The first-order valence-electron chi connectivity index (χ1n) is 23.4. The highest BCUT2D eigenvalue weighted by Crippen LogP contribution is 2.20. The van der Waals surface area contributed by atoms with Crippen molar-refractivity contribution in [3.8, 4) is 11.5 Å². The average Bonchev–Trinajstić information content (AvgIpc) is 3.24. The minimum absolute atomic E-state index is 0.0678. The Bertz CT molecular complexity index is 1440. The molecule has 0 heterocycles. The summed E-state index contributed by atoms with van der Waals surface area (Å²) in [5, 5.41) is 48.2. The van der Waals surface area contributed by atoms with E-state index < -0.39 is 35.7 Å². The number of phenols is 2. The number of aromatic hydroxyl groups is 2. The molecule has 2 aromatic carbocycles. The van der Waals surface area contributed by atoms with Gasteiger partial charge in [-0.2, -0.15) is 0 Å². The Morgan fingerprint density at radius 2 is 0.951 bits per heavy atom. The van der Waals surface area contributed by atoms with Crippen molar-refractivity contribution >= 4 is 18.0 Å². The monoisotopic (exact) mass is 853 g/mol. The fourth-order valence-corrected chi connectivity index (χ4v) is 8.94. The Hall–Kier alpha value is -3.87. The van der Waals surface area contributed by atoms with E-state index in [0.29, 0.717) is 12.0 Å². The first-order valence-corrected chi connectivity index (χ1v) is 23.4. The summed E-state index contributed by atoms with van der Waals surface area (Å²) in [6.45, 7) is 5.10. The van der Waals surface area contributed by atoms with E-state index >= 15 is 0 Å². The van der Waals surface area contributed by atoms with Crippen molar-refractivity contribution < 1.29 is 50.2 Å². The van der Waals surface area contributed by atoms with E-state index in [1.54, 1.807) is 52.1 Å². The minimum Gasteiger partial charge on any atom is -0.548 e. The molecule has 4 saturated carbocycles. The number of nitrogens with one attached hydrogen (secondary N) is 1. The van der Waals surface area contributed by atoms with Crippen LogP contribution < -0.4 is 26.2 Å². The van der Waals surface area contributed by atoms with Crippen molar-refractivity contribution in [2.45, 2.75) is 204 Å². The third kappa shape index (κ3) is 21.7. The summed E-state index contributed by atoms with van der Waals surface area (Å²) < 4.78 is 5.14. The summed E-state index contributed by atoms with van der Waals surface area (Å²) >= 11 is 0. The second kappa shape index (κ2) is 27.9. The number of amides is 1. The number of likely N-dealkylation sites (N-methyl/N-ethyl adjacent to an activating group) is 2. The van der Waals surface area contributed by atoms with Gasteiger partial charge in [0.2, 0.25) is 0 Å². The Balaban J connectivity index is 0.000000221. The third-order valence-corrected chi connectivity index (χ3v) is 12.5. The number of carbonyl (C=O) groups is 3. The van der Waals surface area contributed by atoms with Gasteiger partial charge in [-0.1, -0.05) is 49.9 Å². The number of quaternary nitrogens is 2. The highest BCUT2D eigenvalue weighted by molar-refractivity contribution is 5.79. The molecule has 12 heteroatoms. The predicted molar refractivity (Wildman–Crippen MR) is 236 cm³/mol. The molecular weight excluding hydrogens is 773 g/mol. The van der Waals surface area contributed by atoms with Crippen LogP contribution in [-0.2, 0) is 27.2 Å². The molecule has 2 aromatic rings. The van der Waals surface area contributed by atoms with Crippen LogP contribution >= 0.6 is 0 Å². The number of hydrogen-bond donors (Lipinski definition) is 5. The topological polar surface area (TPSA) is 196 Å². The second-order valence-corrected chi connectivity index (χ2v) is 18.8. The standard InChI is InChI=1S/C15H21NO5.2C12H23N.C10H13NO3/c1-15(2,3)21-14(20)16(4)12(13(18)19)9-10-5-7-11(17)8-6-10;2*1-3-7-11(8-4-1)13-12-9-5-2-6-10-12;1-11-9(10(13)14)6-7-2-4-8(12)5-3-7/h5-8,12,17H,9H2,1-4H3,(H,18,19);2*11-13H,1-10H2;2-5,9,11-12H,6H2,1H3,(H,13,14)/t12-;;;9-/m0..0/s1. The van der Waals surface area contributed by atoms with E-state index in [4.69, 9.17) is 9.84 Å². The Labute approximate surface area is 366 Å². The first kappa shape index (κ1) is 51.5. The lowest BCUT2D eigenvalue weighted by Crippen LogP contribution is -2.95. The van der Waals surface area contributed by atoms with Gasteiger partial charge in [-0.15, -0.1) is 0 Å². The predicted octanol–water partition coefficient (Wildman–Crippen LogP) is 4.62. The number of carboxylic acid groups (broad SMARTS) is 2. The molecule has 0 saturated heterocycles. The van der Waals surface area contributed by atoms with E-state index in [9.17, 15) is 29.7 Å². The van der Waals surface area contributed by atoms with E-state index in [0.717, 1.165) is 34.6 Å². The van der Waals surface area contributed by atoms with Crippen LogP contribution in [0.1, 0.15) is 160 Å². The van der Waals surface area contributed by atoms with Crippen LogP contribution in [-0.4, -0.2) is 89.1 Å². The van der Waals surface area contributed by atoms with Crippen LogP contribution in [0.2, 0.25) is 0 Å². The van der Waals surface area contributed by atoms with Crippen molar-refractivity contribution in [2.75, 3.05) is 14.1 Å². The van der Waals surface area contributed by atoms with Gasteiger partial charge in [-0.25, -0.2) is 4.79 Å². The summed E-state index contributed by atoms with van der Waals surface area (Å²) in [4.78, 5) is 34.8. The van der Waals surface area contributed by atoms with Crippen LogP contribution in [0.25, 0.3) is 0 Å². The van der Waals surface area contributed by atoms with Crippen molar-refractivity contribution in [1.29, 1.82) is 0 Å². The lowest BCUT2D eigenvalue weighted by atomic mass is 9.91. The van der Waals surface area contributed by atoms with Crippen molar-refractivity contribution in [3.63, 3.8) is 0 Å². The molecular formula is C49H80N4O8. The maximum absolute atomic E-state index is 11.9. The van der Waals surface area contributed by atoms with Crippen LogP contribution in [0.5, 0.6) is 11.5 Å². The van der Waals surface area contributed by atoms with E-state index in [1.807, 2.05) is 0 Å². The lowest BCUT2D eigenvalue weighted by molar-refractivity contribution is -0.726. The number of nitrogens with zero attached hydrogens (tertiary/aromatic N) is 1. The number of aliphatic carboxylic acids is 2. The molecule has 344 valence electrons. The molecule has 12 nitrogen and oxygen atoms in total. The van der Waals surface area contributed by atoms with Crippen LogP contribution in [0.15, 0.2) is 48.5 Å². The number of nitrogens with two attached hydrogens (primary N) is 2. The molecule has 4 fully saturated rings. The summed E-state index contributed by atoms with van der Waals surface area (Å²) in [5.74, 6) is -2.23. The van der Waals surface area contributed by atoms with Gasteiger partial charge in [0, 0.05) is 7.05 Å². The van der Waals surface area contributed by atoms with Gasteiger partial charge in [0.1, 0.15) is 17.1 Å². The van der Waals surface area contributed by atoms with E-state index in [1.165, 1.54) is 160 Å². The number of carboxylic acids is 2. The van der Waals surface area contributed by atoms with Gasteiger partial charge >= 0.3 is 6.09 Å². The molecule has 0 aliphatic heterocycles. The van der Waals surface area contributed by atoms with Crippen molar-refractivity contribution in [1.82, 2.24) is 10.2 Å². The first-order chi connectivity index (χ1) is 29.1. The highest BCUT2D eigenvalue weighted by atomic mass is 16.6. The highest BCUT2D eigenvalue weighted by Gasteiger charge is 2.27. The second-order valence-electron chi connectivity index (χ2n) is 18.8. The fourth-order valence-electron chi connectivity index (χ4n) is 8.94. The molecule has 61 heavy (non-hydrogen) atoms. The maximum Gasteiger partial charge on any atom is 0.410 e. The van der Waals surface area contributed by atoms with Gasteiger partial charge in [0.05, 0.1) is 48.2 Å². The van der Waals surface area contributed by atoms with Gasteiger partial charge in [-0.05, 0) is 179 Å². The van der Waals surface area contributed by atoms with Gasteiger partial charge in [0.25, 0.3) is 0 Å². The zero-order chi connectivity index (χ0) is 44.6. The summed E-state index contributed by atoms with van der Waals surface area (Å²) in [6.07, 6.45) is 29.6. The molecule has 2 atom stereocenters. The molecule has 7 N–H and O–H groups in total. The molecule has 6 rings (SSSR count). The van der Waals surface area contributed by atoms with Crippen LogP contribution in [0, 0.1) is 0 Å². The van der Waals surface area contributed by atoms with Crippen LogP contribution in [0.4, 0.5) is 4.79 Å². The SMILES string of the molecule is C1CCC([NH2+]C2CCCCC2)CC1.C1CCC([NH2+]C2CCCCC2)CC1.CN(C(=O)OC(C)(C)C)[C@@H](Cc1ccc(O)cc1)C(=O)[O-].CN[C@@H](Cc1ccc(O)cc1)C(=O)[O-]. The molecule has 0 unspecified atom stereocenters. The molecule has 0 bridgehead atoms. The number of phenolic OH excluding ortho intramolecular Hbond substituents is 2. The Morgan fingerprint density at radius 1 is 0.623 bits per heavy atom. The van der Waals surface area contributed by atoms with Gasteiger partial charge < -0.3 is 55.6 Å². The molecule has 4 aliphatic carbocycles. The molecule has 1 amide bonds. The zero-order valence-corrected chi connectivity index (χ0v) is 38.1. The van der Waals surface area contributed by atoms with Crippen molar-refractivity contribution in [3.05, 3.63) is 59.7 Å². The maximum atomic E-state index is 11.9. The number of carbonyl (C=O) groups excluding carboxylic acids is 3. The van der Waals surface area contributed by atoms with Gasteiger partial charge in [-0.3, -0.25) is 0 Å². The Kier molecular flexibility index (Phi) is 23.6. The normalized spacial score (nSPS) is 19.0. The molecule has 0 radical (unpaired) electrons. The van der Waals surface area contributed by atoms with Crippen molar-refractivity contribution in [2.24, 2.45) is 0 Å². The molecule has 4 aliphatic rings. The van der Waals surface area contributed by atoms with E-state index in [2.05, 4.69) is 16.0 Å². The van der Waals surface area contributed by atoms with Gasteiger partial charge in [0.15, 0.2) is 0 Å². The number of rotatable bonds is 12. The number of hydrogen-bond acceptors (Lipinski definition) is 9. The summed E-state index contributed by atoms with van der Waals surface area (Å²) in [7, 11) is 2.93. The summed E-state index contributed by atoms with van der Waals surface area (Å²) in [6, 6.07) is 14.7. The third-order valence-electron chi connectivity index (χ3n) is 12.5. The fraction of sp³-hybridized carbons (Fsp3) is 0.694. The number of benzene rings is 2. The van der Waals surface area contributed by atoms with E-state index in [-0.39, 0.29) is 17.9 Å².